The van der Waals surface area contributed by atoms with E-state index in [0.717, 1.165) is 6.07 Å². The highest BCUT2D eigenvalue weighted by Gasteiger charge is 2.08. The van der Waals surface area contributed by atoms with Crippen LogP contribution in [0.2, 0.25) is 0 Å². The molecule has 18 heavy (non-hydrogen) atoms. The van der Waals surface area contributed by atoms with Crippen LogP contribution in [0.15, 0.2) is 47.4 Å². The topological polar surface area (TPSA) is 0 Å². The minimum absolute atomic E-state index is 0.276. The van der Waals surface area contributed by atoms with Gasteiger partial charge in [-0.15, -0.1) is 0 Å². The monoisotopic (exact) mass is 312 g/mol. The summed E-state index contributed by atoms with van der Waals surface area (Å²) in [6.07, 6.45) is 0. The number of benzene rings is 2. The Balaban J connectivity index is 2.44. The Morgan fingerprint density at radius 2 is 1.50 bits per heavy atom. The molecule has 0 aliphatic carbocycles. The van der Waals surface area contributed by atoms with E-state index in [4.69, 9.17) is 0 Å². The van der Waals surface area contributed by atoms with Crippen molar-refractivity contribution in [2.24, 2.45) is 0 Å². The molecule has 0 bridgehead atoms. The van der Waals surface area contributed by atoms with Gasteiger partial charge in [-0.1, -0.05) is 12.6 Å². The lowest BCUT2D eigenvalue weighted by molar-refractivity contribution is 0.582. The molecule has 0 heterocycles. The molecule has 0 N–H and O–H groups in total. The zero-order chi connectivity index (χ0) is 13.3. The molecule has 0 atom stereocenters. The Morgan fingerprint density at radius 1 is 0.889 bits per heavy atom. The lowest BCUT2D eigenvalue weighted by Crippen LogP contribution is -1.91. The first-order chi connectivity index (χ1) is 8.47. The molecule has 0 aromatic heterocycles. The van der Waals surface area contributed by atoms with Crippen molar-refractivity contribution < 1.29 is 13.2 Å². The third-order valence-corrected chi connectivity index (χ3v) is 3.09. The number of halogens is 4. The van der Waals surface area contributed by atoms with Crippen LogP contribution in [0.25, 0.3) is 5.57 Å². The van der Waals surface area contributed by atoms with Crippen LogP contribution >= 0.6 is 15.9 Å². The van der Waals surface area contributed by atoms with Crippen molar-refractivity contribution in [3.05, 3.63) is 76.0 Å². The maximum Gasteiger partial charge on any atom is 0.137 e. The Bertz CT molecular complexity index is 600. The normalized spacial score (nSPS) is 10.4. The van der Waals surface area contributed by atoms with Crippen molar-refractivity contribution in [2.45, 2.75) is 0 Å². The molecular weight excluding hydrogens is 305 g/mol. The van der Waals surface area contributed by atoms with Gasteiger partial charge in [0.2, 0.25) is 0 Å². The summed E-state index contributed by atoms with van der Waals surface area (Å²) >= 11 is 3.05. The summed E-state index contributed by atoms with van der Waals surface area (Å²) in [4.78, 5) is 0. The smallest absolute Gasteiger partial charge is 0.137 e. The van der Waals surface area contributed by atoms with Crippen LogP contribution in [0.3, 0.4) is 0 Å². The summed E-state index contributed by atoms with van der Waals surface area (Å²) in [7, 11) is 0. The van der Waals surface area contributed by atoms with Gasteiger partial charge in [0.25, 0.3) is 0 Å². The zero-order valence-corrected chi connectivity index (χ0v) is 10.8. The maximum atomic E-state index is 13.1. The highest BCUT2D eigenvalue weighted by Crippen LogP contribution is 2.26. The molecule has 0 fully saturated rings. The van der Waals surface area contributed by atoms with Gasteiger partial charge in [-0.2, -0.15) is 0 Å². The van der Waals surface area contributed by atoms with Gasteiger partial charge in [0.15, 0.2) is 0 Å². The summed E-state index contributed by atoms with van der Waals surface area (Å²) in [5, 5.41) is 0. The van der Waals surface area contributed by atoms with E-state index in [2.05, 4.69) is 22.5 Å². The Kier molecular flexibility index (Phi) is 3.57. The second kappa shape index (κ2) is 4.98. The van der Waals surface area contributed by atoms with E-state index >= 15 is 0 Å². The maximum absolute atomic E-state index is 13.1. The zero-order valence-electron chi connectivity index (χ0n) is 9.18. The summed E-state index contributed by atoms with van der Waals surface area (Å²) in [6, 6.07) is 7.44. The molecule has 92 valence electrons. The van der Waals surface area contributed by atoms with Crippen molar-refractivity contribution in [1.29, 1.82) is 0 Å². The van der Waals surface area contributed by atoms with Crippen LogP contribution in [0.1, 0.15) is 11.1 Å². The fraction of sp³-hybridized carbons (Fsp3) is 0. The molecule has 0 saturated carbocycles. The van der Waals surface area contributed by atoms with Gasteiger partial charge in [0, 0.05) is 6.07 Å². The van der Waals surface area contributed by atoms with Crippen molar-refractivity contribution in [1.82, 2.24) is 0 Å². The third-order valence-electron chi connectivity index (χ3n) is 2.48. The predicted octanol–water partition coefficient (Wildman–Crippen LogP) is 4.93. The molecule has 4 heteroatoms. The SMILES string of the molecule is C=C(c1cc(F)cc(F)c1)c1ccc(F)c(Br)c1. The molecule has 0 aliphatic rings. The van der Waals surface area contributed by atoms with Crippen molar-refractivity contribution >= 4 is 21.5 Å². The Hall–Kier alpha value is -1.55. The first-order valence-electron chi connectivity index (χ1n) is 5.08. The average Bonchev–Trinajstić information content (AvgIpc) is 2.30. The number of rotatable bonds is 2. The average molecular weight is 313 g/mol. The van der Waals surface area contributed by atoms with Crippen molar-refractivity contribution in [2.75, 3.05) is 0 Å². The van der Waals surface area contributed by atoms with Crippen LogP contribution in [-0.2, 0) is 0 Å². The van der Waals surface area contributed by atoms with E-state index in [1.165, 1.54) is 30.3 Å². The predicted molar refractivity (Wildman–Crippen MR) is 68.6 cm³/mol. The van der Waals surface area contributed by atoms with Gasteiger partial charge >= 0.3 is 0 Å². The van der Waals surface area contributed by atoms with Crippen LogP contribution in [-0.4, -0.2) is 0 Å². The van der Waals surface area contributed by atoms with Gasteiger partial charge in [-0.05, 0) is 56.9 Å². The summed E-state index contributed by atoms with van der Waals surface area (Å²) in [6.45, 7) is 3.77. The molecule has 0 saturated heterocycles. The number of hydrogen-bond acceptors (Lipinski definition) is 0. The summed E-state index contributed by atoms with van der Waals surface area (Å²) in [5.41, 5.74) is 1.34. The van der Waals surface area contributed by atoms with E-state index < -0.39 is 17.5 Å². The highest BCUT2D eigenvalue weighted by molar-refractivity contribution is 9.10. The second-order valence-corrected chi connectivity index (χ2v) is 4.62. The minimum Gasteiger partial charge on any atom is -0.207 e. The van der Waals surface area contributed by atoms with Crippen LogP contribution in [0.4, 0.5) is 13.2 Å². The van der Waals surface area contributed by atoms with Crippen LogP contribution in [0, 0.1) is 17.5 Å². The Labute approximate surface area is 111 Å². The first kappa shape index (κ1) is 12.9. The van der Waals surface area contributed by atoms with Crippen LogP contribution in [0.5, 0.6) is 0 Å². The third kappa shape index (κ3) is 2.64. The molecule has 0 spiro atoms. The fourth-order valence-corrected chi connectivity index (χ4v) is 1.96. The largest absolute Gasteiger partial charge is 0.207 e. The van der Waals surface area contributed by atoms with E-state index in [1.54, 1.807) is 0 Å². The van der Waals surface area contributed by atoms with Gasteiger partial charge in [-0.3, -0.25) is 0 Å². The molecule has 2 rings (SSSR count). The van der Waals surface area contributed by atoms with E-state index in [9.17, 15) is 13.2 Å². The van der Waals surface area contributed by atoms with Gasteiger partial charge < -0.3 is 0 Å². The molecule has 2 aromatic carbocycles. The standard InChI is InChI=1S/C14H8BrF3/c1-8(9-2-3-14(18)13(15)6-9)10-4-11(16)7-12(17)5-10/h2-7H,1H2. The molecule has 0 amide bonds. The fourth-order valence-electron chi connectivity index (χ4n) is 1.58. The molecule has 0 aliphatic heterocycles. The Morgan fingerprint density at radius 3 is 2.06 bits per heavy atom. The lowest BCUT2D eigenvalue weighted by Gasteiger charge is -2.08. The second-order valence-electron chi connectivity index (χ2n) is 3.77. The van der Waals surface area contributed by atoms with Crippen molar-refractivity contribution in [3.8, 4) is 0 Å². The van der Waals surface area contributed by atoms with Crippen LogP contribution < -0.4 is 0 Å². The van der Waals surface area contributed by atoms with E-state index in [0.29, 0.717) is 16.7 Å². The summed E-state index contributed by atoms with van der Waals surface area (Å²) < 4.78 is 39.6. The number of hydrogen-bond donors (Lipinski definition) is 0. The van der Waals surface area contributed by atoms with E-state index in [1.807, 2.05) is 0 Å². The quantitative estimate of drug-likeness (QED) is 0.737. The molecule has 0 radical (unpaired) electrons. The van der Waals surface area contributed by atoms with E-state index in [-0.39, 0.29) is 4.47 Å². The van der Waals surface area contributed by atoms with Crippen molar-refractivity contribution in [3.63, 3.8) is 0 Å². The van der Waals surface area contributed by atoms with Gasteiger partial charge in [0.05, 0.1) is 4.47 Å². The summed E-state index contributed by atoms with van der Waals surface area (Å²) in [5.74, 6) is -1.75. The van der Waals surface area contributed by atoms with Gasteiger partial charge in [-0.25, -0.2) is 13.2 Å². The molecular formula is C14H8BrF3. The first-order valence-corrected chi connectivity index (χ1v) is 5.87. The molecule has 0 nitrogen and oxygen atoms in total. The lowest BCUT2D eigenvalue weighted by atomic mass is 9.99. The molecule has 0 unspecified atom stereocenters. The molecule has 2 aromatic rings. The van der Waals surface area contributed by atoms with Gasteiger partial charge in [0.1, 0.15) is 17.5 Å². The minimum atomic E-state index is -0.674. The highest BCUT2D eigenvalue weighted by atomic mass is 79.9.